The summed E-state index contributed by atoms with van der Waals surface area (Å²) < 4.78 is 0. The van der Waals surface area contributed by atoms with Crippen LogP contribution in [0.2, 0.25) is 0 Å². The van der Waals surface area contributed by atoms with Gasteiger partial charge in [0.1, 0.15) is 0 Å². The van der Waals surface area contributed by atoms with E-state index < -0.39 is 5.97 Å². The highest BCUT2D eigenvalue weighted by Crippen LogP contribution is 1.90. The van der Waals surface area contributed by atoms with Gasteiger partial charge in [-0.25, -0.2) is 11.4 Å². The zero-order valence-corrected chi connectivity index (χ0v) is 6.68. The van der Waals surface area contributed by atoms with Gasteiger partial charge in [-0.05, 0) is 6.42 Å². The Morgan fingerprint density at radius 1 is 1.70 bits per heavy atom. The number of hydrogen-bond donors (Lipinski definition) is 2. The Morgan fingerprint density at radius 2 is 2.40 bits per heavy atom. The Bertz CT molecular complexity index is 141. The van der Waals surface area contributed by atoms with Crippen LogP contribution in [0, 0.1) is 0 Å². The maximum atomic E-state index is 9.99. The average Bonchev–Trinajstić information content (AvgIpc) is 1.87. The maximum Gasteiger partial charge on any atom is 0.303 e. The van der Waals surface area contributed by atoms with Gasteiger partial charge in [0.15, 0.2) is 0 Å². The van der Waals surface area contributed by atoms with Crippen LogP contribution in [0.3, 0.4) is 0 Å². The van der Waals surface area contributed by atoms with Gasteiger partial charge < -0.3 is 5.11 Å². The third kappa shape index (κ3) is 7.43. The molecule has 0 rings (SSSR count). The van der Waals surface area contributed by atoms with Crippen LogP contribution >= 0.6 is 11.4 Å². The van der Waals surface area contributed by atoms with E-state index in [1.165, 1.54) is 0 Å². The topological polar surface area (TPSA) is 37.3 Å². The molecule has 0 heterocycles. The second-order valence-corrected chi connectivity index (χ2v) is 2.86. The molecule has 0 aliphatic carbocycles. The largest absolute Gasteiger partial charge is 0.481 e. The second kappa shape index (κ2) is 6.55. The number of hydrogen-bond acceptors (Lipinski definition) is 1. The van der Waals surface area contributed by atoms with Crippen LogP contribution in [-0.2, 0) is 4.79 Å². The molecular weight excluding hydrogens is 148 g/mol. The fourth-order valence-electron chi connectivity index (χ4n) is 0.428. The first-order chi connectivity index (χ1) is 4.77. The molecule has 0 aromatic carbocycles. The molecule has 0 aromatic rings. The first-order valence-corrected chi connectivity index (χ1v) is 4.23. The van der Waals surface area contributed by atoms with Crippen LogP contribution < -0.4 is 0 Å². The van der Waals surface area contributed by atoms with E-state index in [-0.39, 0.29) is 6.42 Å². The summed E-state index contributed by atoms with van der Waals surface area (Å²) in [4.78, 5) is 9.99. The number of carbonyl (C=O) groups is 1. The van der Waals surface area contributed by atoms with Crippen molar-refractivity contribution in [1.29, 1.82) is 0 Å². The van der Waals surface area contributed by atoms with Crippen molar-refractivity contribution in [3.8, 4) is 0 Å². The summed E-state index contributed by atoms with van der Waals surface area (Å²) in [6, 6.07) is 0. The fraction of sp³-hybridized carbons (Fsp3) is 0.429. The molecule has 0 unspecified atom stereocenters. The molecule has 0 amide bonds. The summed E-state index contributed by atoms with van der Waals surface area (Å²) in [6.45, 7) is 3.55. The molecule has 58 valence electrons. The Morgan fingerprint density at radius 3 is 2.90 bits per heavy atom. The van der Waals surface area contributed by atoms with Crippen LogP contribution in [0.15, 0.2) is 12.7 Å². The highest BCUT2D eigenvalue weighted by molar-refractivity contribution is 7.97. The van der Waals surface area contributed by atoms with Crippen LogP contribution in [0.25, 0.3) is 0 Å². The number of carboxylic acids is 1. The number of aliphatic carboxylic acids is 1. The number of thiol groups is 1. The Kier molecular flexibility index (Phi) is 6.18. The second-order valence-electron chi connectivity index (χ2n) is 1.77. The summed E-state index contributed by atoms with van der Waals surface area (Å²) in [7, 11) is 0. The molecule has 0 aliphatic heterocycles. The average molecular weight is 160 g/mol. The number of carboxylic acid groups (broad SMARTS) is 1. The van der Waals surface area contributed by atoms with Crippen molar-refractivity contribution in [2.24, 2.45) is 0 Å². The predicted octanol–water partition coefficient (Wildman–Crippen LogP) is 1.30. The van der Waals surface area contributed by atoms with Crippen molar-refractivity contribution in [1.82, 2.24) is 0 Å². The van der Waals surface area contributed by atoms with Gasteiger partial charge >= 0.3 is 5.97 Å². The smallest absolute Gasteiger partial charge is 0.303 e. The lowest BCUT2D eigenvalue weighted by molar-refractivity contribution is -0.136. The normalized spacial score (nSPS) is 10.8. The van der Waals surface area contributed by atoms with Crippen LogP contribution in [0.1, 0.15) is 12.8 Å². The van der Waals surface area contributed by atoms with Gasteiger partial charge in [0, 0.05) is 12.2 Å². The van der Waals surface area contributed by atoms with Crippen molar-refractivity contribution in [3.05, 3.63) is 12.7 Å². The van der Waals surface area contributed by atoms with Gasteiger partial charge in [-0.15, -0.1) is 6.58 Å². The standard InChI is InChI=1S/C7H12O2S/c1-2-5-10-6-3-4-7(8)9/h2,6,10H,1,3-5H2,(H,8,9). The summed E-state index contributed by atoms with van der Waals surface area (Å²) in [5, 5.41) is 10.2. The third-order valence-electron chi connectivity index (χ3n) is 0.851. The molecule has 2 nitrogen and oxygen atoms in total. The lowest BCUT2D eigenvalue weighted by Crippen LogP contribution is -1.93. The third-order valence-corrected chi connectivity index (χ3v) is 1.84. The number of rotatable bonds is 5. The van der Waals surface area contributed by atoms with E-state index in [1.54, 1.807) is 0 Å². The van der Waals surface area contributed by atoms with Crippen LogP contribution in [0.4, 0.5) is 0 Å². The first kappa shape index (κ1) is 9.43. The predicted molar refractivity (Wildman–Crippen MR) is 47.0 cm³/mol. The van der Waals surface area contributed by atoms with E-state index in [2.05, 4.69) is 6.58 Å². The van der Waals surface area contributed by atoms with Gasteiger partial charge in [-0.1, -0.05) is 11.4 Å². The van der Waals surface area contributed by atoms with Crippen molar-refractivity contribution >= 4 is 22.7 Å². The van der Waals surface area contributed by atoms with E-state index in [4.69, 9.17) is 5.11 Å². The maximum absolute atomic E-state index is 9.99. The van der Waals surface area contributed by atoms with E-state index in [9.17, 15) is 4.79 Å². The van der Waals surface area contributed by atoms with Gasteiger partial charge in [-0.3, -0.25) is 4.79 Å². The molecule has 0 fully saturated rings. The fourth-order valence-corrected chi connectivity index (χ4v) is 1.04. The molecule has 0 aliphatic rings. The zero-order valence-electron chi connectivity index (χ0n) is 5.79. The zero-order chi connectivity index (χ0) is 7.82. The monoisotopic (exact) mass is 160 g/mol. The molecule has 0 atom stereocenters. The van der Waals surface area contributed by atoms with E-state index >= 15 is 0 Å². The Balaban J connectivity index is 3.18. The van der Waals surface area contributed by atoms with Crippen LogP contribution in [0.5, 0.6) is 0 Å². The molecule has 0 saturated heterocycles. The molecule has 10 heavy (non-hydrogen) atoms. The molecule has 1 N–H and O–H groups in total. The Labute approximate surface area is 64.5 Å². The van der Waals surface area contributed by atoms with Crippen molar-refractivity contribution in [2.75, 3.05) is 5.75 Å². The molecule has 0 bridgehead atoms. The van der Waals surface area contributed by atoms with Crippen molar-refractivity contribution < 1.29 is 9.90 Å². The van der Waals surface area contributed by atoms with Crippen LogP contribution in [-0.4, -0.2) is 22.2 Å². The summed E-state index contributed by atoms with van der Waals surface area (Å²) in [5.74, 6) is 0.185. The summed E-state index contributed by atoms with van der Waals surface area (Å²) in [5.41, 5.74) is 0. The molecule has 3 heteroatoms. The van der Waals surface area contributed by atoms with E-state index in [0.29, 0.717) is 6.42 Å². The highest BCUT2D eigenvalue weighted by Gasteiger charge is 1.90. The minimum absolute atomic E-state index is 0.240. The van der Waals surface area contributed by atoms with Gasteiger partial charge in [-0.2, -0.15) is 0 Å². The first-order valence-electron chi connectivity index (χ1n) is 3.08. The molecule has 0 saturated carbocycles. The summed E-state index contributed by atoms with van der Waals surface area (Å²) >= 11 is 1.16. The molecule has 0 aromatic heterocycles. The molecule has 0 spiro atoms. The lowest BCUT2D eigenvalue weighted by Gasteiger charge is -1.85. The quantitative estimate of drug-likeness (QED) is 0.361. The van der Waals surface area contributed by atoms with Gasteiger partial charge in [0.2, 0.25) is 0 Å². The van der Waals surface area contributed by atoms with Crippen molar-refractivity contribution in [3.63, 3.8) is 0 Å². The SMILES string of the molecule is C=CC[SH]=CCCC(=O)O. The van der Waals surface area contributed by atoms with Gasteiger partial charge in [0.05, 0.1) is 0 Å². The molecular formula is C7H12O2S. The minimum atomic E-state index is -0.731. The lowest BCUT2D eigenvalue weighted by atomic mass is 10.3. The van der Waals surface area contributed by atoms with Crippen molar-refractivity contribution in [2.45, 2.75) is 12.8 Å². The Hall–Kier alpha value is -0.570. The summed E-state index contributed by atoms with van der Waals surface area (Å²) in [6.07, 6.45) is 2.72. The van der Waals surface area contributed by atoms with E-state index in [1.807, 2.05) is 11.4 Å². The minimum Gasteiger partial charge on any atom is -0.481 e. The highest BCUT2D eigenvalue weighted by atomic mass is 32.1. The molecule has 0 radical (unpaired) electrons. The van der Waals surface area contributed by atoms with Gasteiger partial charge in [0.25, 0.3) is 0 Å². The van der Waals surface area contributed by atoms with E-state index in [0.717, 1.165) is 17.1 Å².